The molecule has 6 heteroatoms. The van der Waals surface area contributed by atoms with Crippen molar-refractivity contribution >= 4 is 5.97 Å². The second-order valence-corrected chi connectivity index (χ2v) is 2.47. The zero-order valence-electron chi connectivity index (χ0n) is 6.91. The molecule has 0 unspecified atom stereocenters. The molecule has 0 saturated heterocycles. The predicted octanol–water partition coefficient (Wildman–Crippen LogP) is 0.830. The molecule has 6 nitrogen and oxygen atoms in total. The molecule has 1 N–H and O–H groups in total. The summed E-state index contributed by atoms with van der Waals surface area (Å²) in [7, 11) is 0. The summed E-state index contributed by atoms with van der Waals surface area (Å²) in [4.78, 5) is 17.9. The number of carbonyl (C=O) groups is 1. The van der Waals surface area contributed by atoms with Gasteiger partial charge in [0, 0.05) is 18.0 Å². The summed E-state index contributed by atoms with van der Waals surface area (Å²) < 4.78 is 4.49. The topological polar surface area (TPSA) is 89.1 Å². The SMILES string of the molecule is O=C(O)c1nc(-c2cccnc2)no1. The maximum atomic E-state index is 10.4. The monoisotopic (exact) mass is 191 g/mol. The normalized spacial score (nSPS) is 10.0. The third-order valence-corrected chi connectivity index (χ3v) is 1.53. The fourth-order valence-electron chi connectivity index (χ4n) is 0.923. The number of aromatic carboxylic acids is 1. The van der Waals surface area contributed by atoms with Crippen molar-refractivity contribution in [2.45, 2.75) is 0 Å². The first-order chi connectivity index (χ1) is 6.77. The van der Waals surface area contributed by atoms with Gasteiger partial charge < -0.3 is 9.63 Å². The Balaban J connectivity index is 2.39. The lowest BCUT2D eigenvalue weighted by molar-refractivity contribution is 0.0643. The van der Waals surface area contributed by atoms with Crippen LogP contribution in [-0.2, 0) is 0 Å². The molecule has 0 aliphatic heterocycles. The van der Waals surface area contributed by atoms with E-state index < -0.39 is 11.9 Å². The van der Waals surface area contributed by atoms with E-state index in [0.717, 1.165) is 0 Å². The lowest BCUT2D eigenvalue weighted by Gasteiger charge is -1.88. The average Bonchev–Trinajstić information content (AvgIpc) is 2.68. The fourth-order valence-corrected chi connectivity index (χ4v) is 0.923. The molecule has 70 valence electrons. The van der Waals surface area contributed by atoms with Gasteiger partial charge in [-0.2, -0.15) is 4.98 Å². The Bertz CT molecular complexity index is 452. The van der Waals surface area contributed by atoms with E-state index in [-0.39, 0.29) is 5.82 Å². The lowest BCUT2D eigenvalue weighted by atomic mass is 10.3. The average molecular weight is 191 g/mol. The van der Waals surface area contributed by atoms with Crippen molar-refractivity contribution in [2.75, 3.05) is 0 Å². The Labute approximate surface area is 78.2 Å². The molecule has 0 amide bonds. The highest BCUT2D eigenvalue weighted by molar-refractivity contribution is 5.82. The van der Waals surface area contributed by atoms with Crippen LogP contribution in [0.2, 0.25) is 0 Å². The minimum atomic E-state index is -1.24. The first-order valence-electron chi connectivity index (χ1n) is 3.75. The minimum Gasteiger partial charge on any atom is -0.474 e. The molecule has 2 aromatic rings. The molecule has 2 aromatic heterocycles. The number of carboxylic acids is 1. The van der Waals surface area contributed by atoms with Crippen molar-refractivity contribution in [3.8, 4) is 11.4 Å². The molecule has 0 atom stereocenters. The zero-order chi connectivity index (χ0) is 9.97. The van der Waals surface area contributed by atoms with E-state index in [1.165, 1.54) is 6.20 Å². The van der Waals surface area contributed by atoms with Gasteiger partial charge in [0.15, 0.2) is 0 Å². The summed E-state index contributed by atoms with van der Waals surface area (Å²) in [5.74, 6) is -1.45. The van der Waals surface area contributed by atoms with Crippen LogP contribution in [0, 0.1) is 0 Å². The highest BCUT2D eigenvalue weighted by Crippen LogP contribution is 2.13. The lowest BCUT2D eigenvalue weighted by Crippen LogP contribution is -1.95. The van der Waals surface area contributed by atoms with Crippen molar-refractivity contribution in [3.63, 3.8) is 0 Å². The van der Waals surface area contributed by atoms with Crippen molar-refractivity contribution < 1.29 is 14.4 Å². The van der Waals surface area contributed by atoms with E-state index in [1.807, 2.05) is 0 Å². The van der Waals surface area contributed by atoms with Gasteiger partial charge in [0.25, 0.3) is 0 Å². The third-order valence-electron chi connectivity index (χ3n) is 1.53. The standard InChI is InChI=1S/C8H5N3O3/c12-8(13)7-10-6(11-14-7)5-2-1-3-9-4-5/h1-4H,(H,12,13). The molecule has 0 saturated carbocycles. The fraction of sp³-hybridized carbons (Fsp3) is 0. The van der Waals surface area contributed by atoms with E-state index in [9.17, 15) is 4.79 Å². The molecule has 2 heterocycles. The first-order valence-corrected chi connectivity index (χ1v) is 3.75. The summed E-state index contributed by atoms with van der Waals surface area (Å²) in [6.07, 6.45) is 3.12. The van der Waals surface area contributed by atoms with Gasteiger partial charge in [0.05, 0.1) is 0 Å². The second kappa shape index (κ2) is 3.25. The summed E-state index contributed by atoms with van der Waals surface area (Å²) in [5.41, 5.74) is 0.615. The van der Waals surface area contributed by atoms with Gasteiger partial charge in [-0.15, -0.1) is 0 Å². The highest BCUT2D eigenvalue weighted by Gasteiger charge is 2.13. The number of pyridine rings is 1. The first kappa shape index (κ1) is 8.36. The highest BCUT2D eigenvalue weighted by atomic mass is 16.5. The zero-order valence-corrected chi connectivity index (χ0v) is 6.91. The maximum absolute atomic E-state index is 10.4. The third kappa shape index (κ3) is 1.45. The van der Waals surface area contributed by atoms with Gasteiger partial charge in [0.1, 0.15) is 0 Å². The van der Waals surface area contributed by atoms with Gasteiger partial charge in [-0.3, -0.25) is 4.98 Å². The van der Waals surface area contributed by atoms with Gasteiger partial charge in [0.2, 0.25) is 5.82 Å². The van der Waals surface area contributed by atoms with Crippen LogP contribution in [0.15, 0.2) is 29.0 Å². The van der Waals surface area contributed by atoms with Crippen LogP contribution in [-0.4, -0.2) is 26.2 Å². The molecular formula is C8H5N3O3. The second-order valence-electron chi connectivity index (χ2n) is 2.47. The molecule has 0 spiro atoms. The molecule has 0 fully saturated rings. The van der Waals surface area contributed by atoms with E-state index in [2.05, 4.69) is 19.6 Å². The van der Waals surface area contributed by atoms with Crippen LogP contribution >= 0.6 is 0 Å². The minimum absolute atomic E-state index is 0.218. The van der Waals surface area contributed by atoms with Crippen LogP contribution in [0.25, 0.3) is 11.4 Å². The van der Waals surface area contributed by atoms with Crippen LogP contribution in [0.4, 0.5) is 0 Å². The number of nitrogens with zero attached hydrogens (tertiary/aromatic N) is 3. The van der Waals surface area contributed by atoms with Crippen molar-refractivity contribution in [1.82, 2.24) is 15.1 Å². The number of hydrogen-bond donors (Lipinski definition) is 1. The molecule has 0 bridgehead atoms. The Morgan fingerprint density at radius 1 is 1.50 bits per heavy atom. The van der Waals surface area contributed by atoms with Gasteiger partial charge >= 0.3 is 11.9 Å². The molecule has 0 aliphatic rings. The predicted molar refractivity (Wildman–Crippen MR) is 44.5 cm³/mol. The number of hydrogen-bond acceptors (Lipinski definition) is 5. The van der Waals surface area contributed by atoms with E-state index in [1.54, 1.807) is 18.3 Å². The van der Waals surface area contributed by atoms with E-state index in [4.69, 9.17) is 5.11 Å². The summed E-state index contributed by atoms with van der Waals surface area (Å²) in [6.45, 7) is 0. The van der Waals surface area contributed by atoms with Gasteiger partial charge in [-0.05, 0) is 12.1 Å². The molecule has 2 rings (SSSR count). The summed E-state index contributed by atoms with van der Waals surface area (Å²) in [6, 6.07) is 3.41. The smallest absolute Gasteiger partial charge is 0.394 e. The Morgan fingerprint density at radius 2 is 2.36 bits per heavy atom. The van der Waals surface area contributed by atoms with Crippen LogP contribution in [0.1, 0.15) is 10.7 Å². The van der Waals surface area contributed by atoms with Gasteiger partial charge in [-0.25, -0.2) is 4.79 Å². The largest absolute Gasteiger partial charge is 0.474 e. The molecule has 0 aromatic carbocycles. The van der Waals surface area contributed by atoms with Crippen molar-refractivity contribution in [3.05, 3.63) is 30.4 Å². The molecule has 0 radical (unpaired) electrons. The van der Waals surface area contributed by atoms with E-state index in [0.29, 0.717) is 5.56 Å². The number of aromatic nitrogens is 3. The summed E-state index contributed by atoms with van der Waals surface area (Å²) in [5, 5.41) is 12.0. The van der Waals surface area contributed by atoms with Crippen molar-refractivity contribution in [2.24, 2.45) is 0 Å². The van der Waals surface area contributed by atoms with Gasteiger partial charge in [-0.1, -0.05) is 5.16 Å². The summed E-state index contributed by atoms with van der Waals surface area (Å²) >= 11 is 0. The molecule has 0 aliphatic carbocycles. The number of rotatable bonds is 2. The number of carboxylic acid groups (broad SMARTS) is 1. The Kier molecular flexibility index (Phi) is 1.94. The Hall–Kier alpha value is -2.24. The van der Waals surface area contributed by atoms with Crippen LogP contribution in [0.3, 0.4) is 0 Å². The van der Waals surface area contributed by atoms with Crippen LogP contribution in [0.5, 0.6) is 0 Å². The maximum Gasteiger partial charge on any atom is 0.394 e. The van der Waals surface area contributed by atoms with Crippen LogP contribution < -0.4 is 0 Å². The van der Waals surface area contributed by atoms with Crippen molar-refractivity contribution in [1.29, 1.82) is 0 Å². The van der Waals surface area contributed by atoms with E-state index >= 15 is 0 Å². The molecular weight excluding hydrogens is 186 g/mol. The quantitative estimate of drug-likeness (QED) is 0.756. The Morgan fingerprint density at radius 3 is 2.93 bits per heavy atom. The molecule has 14 heavy (non-hydrogen) atoms.